The van der Waals surface area contributed by atoms with Crippen molar-refractivity contribution in [3.63, 3.8) is 0 Å². The van der Waals surface area contributed by atoms with Crippen molar-refractivity contribution in [2.24, 2.45) is 5.73 Å². The molecule has 1 aromatic rings. The van der Waals surface area contributed by atoms with Gasteiger partial charge in [-0.2, -0.15) is 5.10 Å². The van der Waals surface area contributed by atoms with E-state index >= 15 is 0 Å². The van der Waals surface area contributed by atoms with Gasteiger partial charge < -0.3 is 5.73 Å². The number of nitrogens with two attached hydrogens (primary N) is 1. The first-order valence-corrected chi connectivity index (χ1v) is 4.55. The van der Waals surface area contributed by atoms with Crippen LogP contribution in [0.3, 0.4) is 0 Å². The third kappa shape index (κ3) is 1.55. The molecule has 0 aliphatic rings. The summed E-state index contributed by atoms with van der Waals surface area (Å²) >= 11 is 1.45. The van der Waals surface area contributed by atoms with Crippen LogP contribution in [0.2, 0.25) is 0 Å². The number of thioether (sulfide) groups is 1. The number of nitrogens with zero attached hydrogens (tertiary/aromatic N) is 2. The third-order valence-electron chi connectivity index (χ3n) is 1.42. The molecule has 2 N–H and O–H groups in total. The summed E-state index contributed by atoms with van der Waals surface area (Å²) in [6.45, 7) is 1.87. The molecule has 0 unspecified atom stereocenters. The maximum Gasteiger partial charge on any atom is 0.270 e. The van der Waals surface area contributed by atoms with Gasteiger partial charge >= 0.3 is 0 Å². The summed E-state index contributed by atoms with van der Waals surface area (Å²) in [5.41, 5.74) is 6.28. The third-order valence-corrected chi connectivity index (χ3v) is 2.34. The molecular weight excluding hydrogens is 174 g/mol. The molecule has 1 rings (SSSR count). The zero-order valence-corrected chi connectivity index (χ0v) is 7.68. The fraction of sp³-hybridized carbons (Fsp3) is 0.286. The molecule has 0 saturated carbocycles. The Morgan fingerprint density at radius 3 is 2.75 bits per heavy atom. The highest BCUT2D eigenvalue weighted by molar-refractivity contribution is 7.98. The van der Waals surface area contributed by atoms with Crippen molar-refractivity contribution in [3.8, 4) is 0 Å². The molecule has 1 heterocycles. The molecule has 0 fully saturated rings. The first kappa shape index (κ1) is 8.99. The molecule has 0 spiro atoms. The Bertz CT molecular complexity index is 314. The number of aryl methyl sites for hydroxylation is 1. The minimum atomic E-state index is -0.532. The van der Waals surface area contributed by atoms with Crippen molar-refractivity contribution in [1.29, 1.82) is 0 Å². The summed E-state index contributed by atoms with van der Waals surface area (Å²) in [5, 5.41) is 7.31. The van der Waals surface area contributed by atoms with Crippen LogP contribution in [-0.2, 0) is 0 Å². The Morgan fingerprint density at radius 1 is 1.67 bits per heavy atom. The second kappa shape index (κ2) is 3.53. The average Bonchev–Trinajstić information content (AvgIpc) is 2.03. The smallest absolute Gasteiger partial charge is 0.270 e. The lowest BCUT2D eigenvalue weighted by Gasteiger charge is -2.03. The SMILES string of the molecule is CSc1c(C)cnnc1C(N)=O. The van der Waals surface area contributed by atoms with E-state index in [0.29, 0.717) is 0 Å². The summed E-state index contributed by atoms with van der Waals surface area (Å²) < 4.78 is 0. The summed E-state index contributed by atoms with van der Waals surface area (Å²) in [6, 6.07) is 0. The molecule has 0 saturated heterocycles. The molecule has 12 heavy (non-hydrogen) atoms. The lowest BCUT2D eigenvalue weighted by Crippen LogP contribution is -2.15. The number of carbonyl (C=O) groups excluding carboxylic acids is 1. The van der Waals surface area contributed by atoms with Crippen molar-refractivity contribution in [1.82, 2.24) is 10.2 Å². The minimum absolute atomic E-state index is 0.252. The van der Waals surface area contributed by atoms with Crippen LogP contribution in [0.4, 0.5) is 0 Å². The molecule has 1 amide bonds. The van der Waals surface area contributed by atoms with Crippen molar-refractivity contribution in [2.45, 2.75) is 11.8 Å². The van der Waals surface area contributed by atoms with Gasteiger partial charge in [-0.15, -0.1) is 16.9 Å². The van der Waals surface area contributed by atoms with Crippen LogP contribution < -0.4 is 5.73 Å². The molecule has 0 atom stereocenters. The largest absolute Gasteiger partial charge is 0.364 e. The van der Waals surface area contributed by atoms with Gasteiger partial charge in [-0.1, -0.05) is 0 Å². The molecule has 0 bridgehead atoms. The second-order valence-corrected chi connectivity index (χ2v) is 3.09. The van der Waals surface area contributed by atoms with Gasteiger partial charge in [-0.05, 0) is 18.7 Å². The van der Waals surface area contributed by atoms with Crippen LogP contribution >= 0.6 is 11.8 Å². The van der Waals surface area contributed by atoms with Crippen LogP contribution in [0.1, 0.15) is 16.1 Å². The molecular formula is C7H9N3OS. The highest BCUT2D eigenvalue weighted by atomic mass is 32.2. The van der Waals surface area contributed by atoms with Gasteiger partial charge in [0.15, 0.2) is 5.69 Å². The Balaban J connectivity index is 3.27. The summed E-state index contributed by atoms with van der Waals surface area (Å²) in [5.74, 6) is -0.532. The fourth-order valence-electron chi connectivity index (χ4n) is 0.883. The van der Waals surface area contributed by atoms with E-state index in [1.54, 1.807) is 6.20 Å². The van der Waals surface area contributed by atoms with Crippen LogP contribution in [0.25, 0.3) is 0 Å². The molecule has 1 aromatic heterocycles. The zero-order chi connectivity index (χ0) is 9.14. The number of primary amides is 1. The lowest BCUT2D eigenvalue weighted by atomic mass is 10.3. The van der Waals surface area contributed by atoms with E-state index in [4.69, 9.17) is 5.73 Å². The van der Waals surface area contributed by atoms with Crippen LogP contribution in [0.5, 0.6) is 0 Å². The van der Waals surface area contributed by atoms with E-state index in [9.17, 15) is 4.79 Å². The average molecular weight is 183 g/mol. The number of aromatic nitrogens is 2. The van der Waals surface area contributed by atoms with E-state index < -0.39 is 5.91 Å². The van der Waals surface area contributed by atoms with Crippen molar-refractivity contribution >= 4 is 17.7 Å². The van der Waals surface area contributed by atoms with Crippen molar-refractivity contribution in [2.75, 3.05) is 6.26 Å². The highest BCUT2D eigenvalue weighted by Crippen LogP contribution is 2.20. The Hall–Kier alpha value is -1.10. The molecule has 4 nitrogen and oxygen atoms in total. The van der Waals surface area contributed by atoms with Gasteiger partial charge in [0.05, 0.1) is 6.20 Å². The minimum Gasteiger partial charge on any atom is -0.364 e. The number of hydrogen-bond donors (Lipinski definition) is 1. The van der Waals surface area contributed by atoms with Crippen molar-refractivity contribution in [3.05, 3.63) is 17.5 Å². The maximum atomic E-state index is 10.8. The quantitative estimate of drug-likeness (QED) is 0.682. The lowest BCUT2D eigenvalue weighted by molar-refractivity contribution is 0.0991. The number of amides is 1. The van der Waals surface area contributed by atoms with Gasteiger partial charge in [0.1, 0.15) is 0 Å². The predicted octanol–water partition coefficient (Wildman–Crippen LogP) is 0.606. The van der Waals surface area contributed by atoms with Gasteiger partial charge in [-0.25, -0.2) is 0 Å². The zero-order valence-electron chi connectivity index (χ0n) is 6.87. The van der Waals surface area contributed by atoms with E-state index in [1.165, 1.54) is 11.8 Å². The van der Waals surface area contributed by atoms with E-state index in [-0.39, 0.29) is 5.69 Å². The Morgan fingerprint density at radius 2 is 2.33 bits per heavy atom. The molecule has 64 valence electrons. The first-order chi connectivity index (χ1) is 5.66. The summed E-state index contributed by atoms with van der Waals surface area (Å²) in [4.78, 5) is 11.6. The molecule has 0 aliphatic heterocycles. The molecule has 0 aliphatic carbocycles. The van der Waals surface area contributed by atoms with Crippen LogP contribution in [-0.4, -0.2) is 22.4 Å². The molecule has 5 heteroatoms. The molecule has 0 aromatic carbocycles. The standard InChI is InChI=1S/C7H9N3OS/c1-4-3-9-10-5(7(8)11)6(4)12-2/h3H,1-2H3,(H2,8,11). The van der Waals surface area contributed by atoms with Gasteiger partial charge in [0, 0.05) is 4.90 Å². The first-order valence-electron chi connectivity index (χ1n) is 3.33. The van der Waals surface area contributed by atoms with Crippen LogP contribution in [0, 0.1) is 6.92 Å². The number of carbonyl (C=O) groups is 1. The predicted molar refractivity (Wildman–Crippen MR) is 47.1 cm³/mol. The van der Waals surface area contributed by atoms with Gasteiger partial charge in [-0.3, -0.25) is 4.79 Å². The normalized spacial score (nSPS) is 9.83. The summed E-state index contributed by atoms with van der Waals surface area (Å²) in [6.07, 6.45) is 3.48. The van der Waals surface area contributed by atoms with E-state index in [1.807, 2.05) is 13.2 Å². The number of hydrogen-bond acceptors (Lipinski definition) is 4. The highest BCUT2D eigenvalue weighted by Gasteiger charge is 2.11. The summed E-state index contributed by atoms with van der Waals surface area (Å²) in [7, 11) is 0. The topological polar surface area (TPSA) is 68.9 Å². The van der Waals surface area contributed by atoms with Gasteiger partial charge in [0.25, 0.3) is 5.91 Å². The molecule has 0 radical (unpaired) electrons. The monoisotopic (exact) mass is 183 g/mol. The van der Waals surface area contributed by atoms with Gasteiger partial charge in [0.2, 0.25) is 0 Å². The van der Waals surface area contributed by atoms with E-state index in [2.05, 4.69) is 10.2 Å². The second-order valence-electron chi connectivity index (χ2n) is 2.27. The fourth-order valence-corrected chi connectivity index (χ4v) is 1.59. The number of rotatable bonds is 2. The van der Waals surface area contributed by atoms with Crippen LogP contribution in [0.15, 0.2) is 11.1 Å². The Kier molecular flexibility index (Phi) is 2.65. The van der Waals surface area contributed by atoms with Crippen molar-refractivity contribution < 1.29 is 4.79 Å². The maximum absolute atomic E-state index is 10.8. The Labute approximate surface area is 74.6 Å². The van der Waals surface area contributed by atoms with E-state index in [0.717, 1.165) is 10.5 Å².